The van der Waals surface area contributed by atoms with Crippen molar-refractivity contribution in [1.29, 1.82) is 5.26 Å². The molecular formula is C16H26N2. The lowest BCUT2D eigenvalue weighted by molar-refractivity contribution is -0.0598. The van der Waals surface area contributed by atoms with Gasteiger partial charge in [-0.1, -0.05) is 0 Å². The van der Waals surface area contributed by atoms with Crippen molar-refractivity contribution in [3.8, 4) is 6.07 Å². The van der Waals surface area contributed by atoms with Crippen LogP contribution in [0.4, 0.5) is 0 Å². The summed E-state index contributed by atoms with van der Waals surface area (Å²) in [4.78, 5) is 0. The molecule has 100 valence electrons. The van der Waals surface area contributed by atoms with Crippen molar-refractivity contribution in [2.45, 2.75) is 70.9 Å². The molecule has 4 rings (SSSR count). The van der Waals surface area contributed by atoms with Crippen molar-refractivity contribution in [1.82, 2.24) is 5.32 Å². The van der Waals surface area contributed by atoms with Crippen molar-refractivity contribution >= 4 is 0 Å². The first-order valence-electron chi connectivity index (χ1n) is 7.74. The van der Waals surface area contributed by atoms with Gasteiger partial charge in [0.05, 0.1) is 12.1 Å². The molecule has 2 nitrogen and oxygen atoms in total. The molecule has 0 heterocycles. The molecule has 0 aromatic carbocycles. The molecule has 0 radical (unpaired) electrons. The SMILES string of the molecule is CC(C)NC(C#N)CC12CC3CC(CC(C3)C1)C2. The third-order valence-corrected chi connectivity index (χ3v) is 5.49. The molecule has 4 bridgehead atoms. The van der Waals surface area contributed by atoms with E-state index in [4.69, 9.17) is 0 Å². The fraction of sp³-hybridized carbons (Fsp3) is 0.938. The lowest BCUT2D eigenvalue weighted by atomic mass is 9.48. The van der Waals surface area contributed by atoms with E-state index in [-0.39, 0.29) is 6.04 Å². The summed E-state index contributed by atoms with van der Waals surface area (Å²) in [6.45, 7) is 4.29. The van der Waals surface area contributed by atoms with Gasteiger partial charge < -0.3 is 0 Å². The highest BCUT2D eigenvalue weighted by atomic mass is 14.9. The maximum Gasteiger partial charge on any atom is 0.0960 e. The Morgan fingerprint density at radius 3 is 2.00 bits per heavy atom. The summed E-state index contributed by atoms with van der Waals surface area (Å²) < 4.78 is 0. The second-order valence-corrected chi connectivity index (χ2v) is 7.62. The van der Waals surface area contributed by atoms with Gasteiger partial charge in [-0.05, 0) is 82.0 Å². The second-order valence-electron chi connectivity index (χ2n) is 7.62. The molecule has 4 saturated carbocycles. The van der Waals surface area contributed by atoms with Crippen LogP contribution in [-0.2, 0) is 0 Å². The standard InChI is InChI=1S/C16H26N2/c1-11(2)18-15(10-17)9-16-6-12-3-13(7-16)5-14(4-12)8-16/h11-15,18H,3-9H2,1-2H3. The Kier molecular flexibility index (Phi) is 3.14. The second kappa shape index (κ2) is 4.53. The largest absolute Gasteiger partial charge is 0.300 e. The van der Waals surface area contributed by atoms with Gasteiger partial charge in [0.2, 0.25) is 0 Å². The summed E-state index contributed by atoms with van der Waals surface area (Å²) in [7, 11) is 0. The van der Waals surface area contributed by atoms with Gasteiger partial charge in [0.1, 0.15) is 0 Å². The van der Waals surface area contributed by atoms with Crippen molar-refractivity contribution in [3.05, 3.63) is 0 Å². The summed E-state index contributed by atoms with van der Waals surface area (Å²) in [5, 5.41) is 12.8. The van der Waals surface area contributed by atoms with Crippen molar-refractivity contribution in [3.63, 3.8) is 0 Å². The minimum atomic E-state index is 0.0706. The van der Waals surface area contributed by atoms with E-state index in [1.165, 1.54) is 38.5 Å². The average Bonchev–Trinajstić information content (AvgIpc) is 2.25. The van der Waals surface area contributed by atoms with Gasteiger partial charge >= 0.3 is 0 Å². The minimum absolute atomic E-state index is 0.0706. The van der Waals surface area contributed by atoms with E-state index in [2.05, 4.69) is 25.2 Å². The Labute approximate surface area is 111 Å². The monoisotopic (exact) mass is 246 g/mol. The molecule has 0 aliphatic heterocycles. The first kappa shape index (κ1) is 12.5. The van der Waals surface area contributed by atoms with E-state index >= 15 is 0 Å². The molecule has 1 atom stereocenters. The third kappa shape index (κ3) is 2.30. The van der Waals surface area contributed by atoms with E-state index in [1.54, 1.807) is 0 Å². The van der Waals surface area contributed by atoms with E-state index in [9.17, 15) is 5.26 Å². The van der Waals surface area contributed by atoms with Crippen LogP contribution in [0.5, 0.6) is 0 Å². The maximum absolute atomic E-state index is 9.36. The van der Waals surface area contributed by atoms with Crippen molar-refractivity contribution in [2.75, 3.05) is 0 Å². The number of hydrogen-bond donors (Lipinski definition) is 1. The molecule has 18 heavy (non-hydrogen) atoms. The van der Waals surface area contributed by atoms with Crippen LogP contribution >= 0.6 is 0 Å². The van der Waals surface area contributed by atoms with Crippen molar-refractivity contribution < 1.29 is 0 Å². The Morgan fingerprint density at radius 2 is 1.61 bits per heavy atom. The Morgan fingerprint density at radius 1 is 1.11 bits per heavy atom. The molecule has 2 heteroatoms. The highest BCUT2D eigenvalue weighted by molar-refractivity contribution is 5.05. The average molecular weight is 246 g/mol. The quantitative estimate of drug-likeness (QED) is 0.824. The van der Waals surface area contributed by atoms with Crippen LogP contribution in [0.15, 0.2) is 0 Å². The van der Waals surface area contributed by atoms with Crippen LogP contribution in [0.1, 0.15) is 58.8 Å². The van der Waals surface area contributed by atoms with Crippen LogP contribution < -0.4 is 5.32 Å². The van der Waals surface area contributed by atoms with Crippen molar-refractivity contribution in [2.24, 2.45) is 23.2 Å². The van der Waals surface area contributed by atoms with Crippen LogP contribution in [0.3, 0.4) is 0 Å². The molecule has 0 aromatic rings. The normalized spacial score (nSPS) is 43.1. The number of nitrogens with zero attached hydrogens (tertiary/aromatic N) is 1. The molecule has 4 aliphatic rings. The predicted molar refractivity (Wildman–Crippen MR) is 72.9 cm³/mol. The molecule has 1 unspecified atom stereocenters. The molecule has 4 aliphatic carbocycles. The molecule has 1 N–H and O–H groups in total. The highest BCUT2D eigenvalue weighted by Crippen LogP contribution is 2.61. The van der Waals surface area contributed by atoms with E-state index in [0.29, 0.717) is 11.5 Å². The van der Waals surface area contributed by atoms with Crippen LogP contribution in [0, 0.1) is 34.5 Å². The van der Waals surface area contributed by atoms with E-state index < -0.39 is 0 Å². The number of hydrogen-bond acceptors (Lipinski definition) is 2. The number of nitrogens with one attached hydrogen (secondary N) is 1. The van der Waals surface area contributed by atoms with Gasteiger partial charge in [-0.2, -0.15) is 5.26 Å². The molecular weight excluding hydrogens is 220 g/mol. The molecule has 0 saturated heterocycles. The molecule has 0 spiro atoms. The van der Waals surface area contributed by atoms with E-state index in [0.717, 1.165) is 24.2 Å². The molecule has 0 amide bonds. The zero-order valence-electron chi connectivity index (χ0n) is 11.8. The van der Waals surface area contributed by atoms with Gasteiger partial charge in [0, 0.05) is 6.04 Å². The fourth-order valence-electron chi connectivity index (χ4n) is 5.52. The Bertz CT molecular complexity index is 317. The summed E-state index contributed by atoms with van der Waals surface area (Å²) in [5.74, 6) is 2.99. The smallest absolute Gasteiger partial charge is 0.0960 e. The fourth-order valence-corrected chi connectivity index (χ4v) is 5.52. The highest BCUT2D eigenvalue weighted by Gasteiger charge is 2.51. The zero-order valence-corrected chi connectivity index (χ0v) is 11.8. The van der Waals surface area contributed by atoms with Gasteiger partial charge in [-0.15, -0.1) is 0 Å². The Balaban J connectivity index is 1.70. The summed E-state index contributed by atoms with van der Waals surface area (Å²) in [6.07, 6.45) is 9.83. The van der Waals surface area contributed by atoms with Crippen LogP contribution in [-0.4, -0.2) is 12.1 Å². The zero-order chi connectivity index (χ0) is 12.8. The topological polar surface area (TPSA) is 35.8 Å². The minimum Gasteiger partial charge on any atom is -0.300 e. The van der Waals surface area contributed by atoms with E-state index in [1.807, 2.05) is 0 Å². The van der Waals surface area contributed by atoms with Gasteiger partial charge in [0.25, 0.3) is 0 Å². The lowest BCUT2D eigenvalue weighted by Gasteiger charge is -2.57. The predicted octanol–water partition coefficient (Wildman–Crippen LogP) is 3.48. The van der Waals surface area contributed by atoms with Gasteiger partial charge in [0.15, 0.2) is 0 Å². The Hall–Kier alpha value is -0.550. The molecule has 0 aromatic heterocycles. The van der Waals surface area contributed by atoms with Crippen LogP contribution in [0.25, 0.3) is 0 Å². The van der Waals surface area contributed by atoms with Gasteiger partial charge in [-0.25, -0.2) is 0 Å². The van der Waals surface area contributed by atoms with Crippen LogP contribution in [0.2, 0.25) is 0 Å². The number of rotatable bonds is 4. The number of nitriles is 1. The first-order valence-corrected chi connectivity index (χ1v) is 7.74. The molecule has 4 fully saturated rings. The summed E-state index contributed by atoms with van der Waals surface area (Å²) in [5.41, 5.74) is 0.525. The third-order valence-electron chi connectivity index (χ3n) is 5.49. The lowest BCUT2D eigenvalue weighted by Crippen LogP contribution is -2.49. The summed E-state index contributed by atoms with van der Waals surface area (Å²) >= 11 is 0. The maximum atomic E-state index is 9.36. The summed E-state index contributed by atoms with van der Waals surface area (Å²) in [6, 6.07) is 2.99. The first-order chi connectivity index (χ1) is 8.58. The van der Waals surface area contributed by atoms with Gasteiger partial charge in [-0.3, -0.25) is 5.32 Å².